The number of pyridine rings is 1. The Morgan fingerprint density at radius 1 is 1.16 bits per heavy atom. The number of piperidine rings is 1. The number of benzene rings is 1. The van der Waals surface area contributed by atoms with Crippen LogP contribution >= 0.6 is 0 Å². The Balaban J connectivity index is 1.88. The van der Waals surface area contributed by atoms with Gasteiger partial charge >= 0.3 is 6.18 Å². The number of alkyl halides is 3. The highest BCUT2D eigenvalue weighted by atomic mass is 19.4. The van der Waals surface area contributed by atoms with Crippen molar-refractivity contribution in [2.75, 3.05) is 20.1 Å². The lowest BCUT2D eigenvalue weighted by atomic mass is 9.94. The quantitative estimate of drug-likeness (QED) is 0.682. The van der Waals surface area contributed by atoms with Gasteiger partial charge in [-0.15, -0.1) is 0 Å². The minimum Gasteiger partial charge on any atom is -0.356 e. The Labute approximate surface area is 143 Å². The number of hydrogen-bond acceptors (Lipinski definition) is 2. The van der Waals surface area contributed by atoms with Gasteiger partial charge in [0, 0.05) is 28.1 Å². The predicted molar refractivity (Wildman–Crippen MR) is 92.8 cm³/mol. The lowest BCUT2D eigenvalue weighted by Gasteiger charge is -2.28. The second kappa shape index (κ2) is 5.73. The summed E-state index contributed by atoms with van der Waals surface area (Å²) in [6.45, 7) is 3.68. The molecule has 1 aromatic carbocycles. The van der Waals surface area contributed by atoms with Crippen molar-refractivity contribution in [3.05, 3.63) is 41.2 Å². The second-order valence-corrected chi connectivity index (χ2v) is 7.04. The summed E-state index contributed by atoms with van der Waals surface area (Å²) in [5.74, 6) is 0.422. The van der Waals surface area contributed by atoms with Crippen LogP contribution in [0.25, 0.3) is 21.8 Å². The van der Waals surface area contributed by atoms with Gasteiger partial charge in [0.15, 0.2) is 0 Å². The second-order valence-electron chi connectivity index (χ2n) is 7.04. The number of nitrogens with one attached hydrogen (secondary N) is 1. The van der Waals surface area contributed by atoms with E-state index in [0.29, 0.717) is 22.6 Å². The van der Waals surface area contributed by atoms with Gasteiger partial charge in [0.25, 0.3) is 0 Å². The van der Waals surface area contributed by atoms with Gasteiger partial charge in [-0.1, -0.05) is 12.1 Å². The molecule has 132 valence electrons. The molecule has 2 aromatic heterocycles. The Morgan fingerprint density at radius 2 is 1.88 bits per heavy atom. The number of aromatic amines is 1. The zero-order chi connectivity index (χ0) is 17.8. The van der Waals surface area contributed by atoms with Crippen molar-refractivity contribution in [3.8, 4) is 0 Å². The van der Waals surface area contributed by atoms with E-state index in [1.807, 2.05) is 0 Å². The fourth-order valence-corrected chi connectivity index (χ4v) is 3.81. The molecule has 3 nitrogen and oxygen atoms in total. The molecule has 3 heterocycles. The Kier molecular flexibility index (Phi) is 3.76. The number of fused-ring (bicyclic) bond motifs is 3. The zero-order valence-electron chi connectivity index (χ0n) is 14.2. The average Bonchev–Trinajstić information content (AvgIpc) is 2.98. The number of likely N-dealkylation sites (tertiary alicyclic amines) is 1. The van der Waals surface area contributed by atoms with Crippen LogP contribution in [0.4, 0.5) is 13.2 Å². The molecule has 4 rings (SSSR count). The van der Waals surface area contributed by atoms with Gasteiger partial charge in [-0.05, 0) is 52.0 Å². The molecule has 0 unspecified atom stereocenters. The van der Waals surface area contributed by atoms with E-state index in [-0.39, 0.29) is 5.39 Å². The van der Waals surface area contributed by atoms with Crippen molar-refractivity contribution in [2.45, 2.75) is 31.9 Å². The van der Waals surface area contributed by atoms with E-state index in [9.17, 15) is 13.2 Å². The number of aromatic nitrogens is 2. The molecule has 0 radical (unpaired) electrons. The first-order valence-electron chi connectivity index (χ1n) is 8.51. The van der Waals surface area contributed by atoms with E-state index in [2.05, 4.69) is 28.0 Å². The maximum absolute atomic E-state index is 13.4. The van der Waals surface area contributed by atoms with E-state index in [0.717, 1.165) is 43.1 Å². The van der Waals surface area contributed by atoms with Gasteiger partial charge < -0.3 is 9.88 Å². The fraction of sp³-hybridized carbons (Fsp3) is 0.421. The molecule has 3 aromatic rings. The standard InChI is InChI=1S/C19H20F3N3/c1-11-9-15(19(20,21)22)14-4-3-13-10-16(24-17(13)18(14)23-11)12-5-7-25(2)8-6-12/h3-4,9-10,12,24H,5-8H2,1-2H3. The summed E-state index contributed by atoms with van der Waals surface area (Å²) in [5, 5.41) is 1.08. The molecule has 0 spiro atoms. The summed E-state index contributed by atoms with van der Waals surface area (Å²) in [7, 11) is 2.11. The van der Waals surface area contributed by atoms with E-state index >= 15 is 0 Å². The van der Waals surface area contributed by atoms with Gasteiger partial charge in [0.2, 0.25) is 0 Å². The van der Waals surface area contributed by atoms with Crippen molar-refractivity contribution in [1.29, 1.82) is 0 Å². The van der Waals surface area contributed by atoms with Crippen molar-refractivity contribution in [1.82, 2.24) is 14.9 Å². The molecule has 0 amide bonds. The number of H-pyrrole nitrogens is 1. The van der Waals surface area contributed by atoms with Crippen molar-refractivity contribution in [2.24, 2.45) is 0 Å². The third kappa shape index (κ3) is 2.88. The molecule has 0 saturated carbocycles. The van der Waals surface area contributed by atoms with Gasteiger partial charge in [-0.3, -0.25) is 4.98 Å². The molecule has 25 heavy (non-hydrogen) atoms. The first kappa shape index (κ1) is 16.4. The lowest BCUT2D eigenvalue weighted by Crippen LogP contribution is -2.29. The third-order valence-electron chi connectivity index (χ3n) is 5.19. The summed E-state index contributed by atoms with van der Waals surface area (Å²) in [5.41, 5.74) is 1.98. The molecule has 0 aliphatic carbocycles. The van der Waals surface area contributed by atoms with E-state index in [1.165, 1.54) is 0 Å². The van der Waals surface area contributed by atoms with Crippen molar-refractivity contribution < 1.29 is 13.2 Å². The van der Waals surface area contributed by atoms with E-state index in [1.54, 1.807) is 19.1 Å². The lowest BCUT2D eigenvalue weighted by molar-refractivity contribution is -0.136. The first-order valence-corrected chi connectivity index (χ1v) is 8.51. The van der Waals surface area contributed by atoms with Crippen LogP contribution in [0, 0.1) is 6.92 Å². The van der Waals surface area contributed by atoms with Crippen LogP contribution in [-0.4, -0.2) is 35.0 Å². The van der Waals surface area contributed by atoms with Gasteiger partial charge in [0.1, 0.15) is 0 Å². The van der Waals surface area contributed by atoms with Crippen molar-refractivity contribution >= 4 is 21.8 Å². The number of aryl methyl sites for hydroxylation is 1. The van der Waals surface area contributed by atoms with Gasteiger partial charge in [-0.25, -0.2) is 0 Å². The molecule has 0 atom stereocenters. The van der Waals surface area contributed by atoms with Crippen LogP contribution in [0.5, 0.6) is 0 Å². The first-order chi connectivity index (χ1) is 11.8. The number of hydrogen-bond donors (Lipinski definition) is 1. The highest BCUT2D eigenvalue weighted by molar-refractivity contribution is 6.04. The predicted octanol–water partition coefficient (Wildman–Crippen LogP) is 4.85. The minimum absolute atomic E-state index is 0.155. The van der Waals surface area contributed by atoms with Gasteiger partial charge in [-0.2, -0.15) is 13.2 Å². The number of halogens is 3. The Hall–Kier alpha value is -2.08. The van der Waals surface area contributed by atoms with Crippen LogP contribution < -0.4 is 0 Å². The van der Waals surface area contributed by atoms with E-state index < -0.39 is 11.7 Å². The molecule has 6 heteroatoms. The maximum atomic E-state index is 13.4. The minimum atomic E-state index is -4.39. The zero-order valence-corrected chi connectivity index (χ0v) is 14.2. The molecule has 1 saturated heterocycles. The van der Waals surface area contributed by atoms with E-state index in [4.69, 9.17) is 0 Å². The SMILES string of the molecule is Cc1cc(C(F)(F)F)c2ccc3cc(C4CCN(C)CC4)[nH]c3c2n1. The molecule has 1 fully saturated rings. The van der Waals surface area contributed by atoms with Crippen LogP contribution in [0.3, 0.4) is 0 Å². The molecular formula is C19H20F3N3. The summed E-state index contributed by atoms with van der Waals surface area (Å²) in [6.07, 6.45) is -2.27. The average molecular weight is 347 g/mol. The molecule has 1 aliphatic rings. The molecule has 0 bridgehead atoms. The van der Waals surface area contributed by atoms with Crippen LogP contribution in [0.1, 0.15) is 35.7 Å². The number of nitrogens with zero attached hydrogens (tertiary/aromatic N) is 2. The van der Waals surface area contributed by atoms with Crippen LogP contribution in [0.2, 0.25) is 0 Å². The van der Waals surface area contributed by atoms with Crippen molar-refractivity contribution in [3.63, 3.8) is 0 Å². The summed E-state index contributed by atoms with van der Waals surface area (Å²) in [4.78, 5) is 10.1. The Bertz CT molecular complexity index is 934. The largest absolute Gasteiger partial charge is 0.417 e. The highest BCUT2D eigenvalue weighted by Gasteiger charge is 2.33. The smallest absolute Gasteiger partial charge is 0.356 e. The summed E-state index contributed by atoms with van der Waals surface area (Å²) in [6, 6.07) is 6.50. The molecule has 1 N–H and O–H groups in total. The topological polar surface area (TPSA) is 31.9 Å². The fourth-order valence-electron chi connectivity index (χ4n) is 3.81. The number of rotatable bonds is 1. The summed E-state index contributed by atoms with van der Waals surface area (Å²) < 4.78 is 40.2. The Morgan fingerprint density at radius 3 is 2.56 bits per heavy atom. The van der Waals surface area contributed by atoms with Crippen LogP contribution in [-0.2, 0) is 6.18 Å². The normalized spacial score (nSPS) is 17.6. The third-order valence-corrected chi connectivity index (χ3v) is 5.19. The monoisotopic (exact) mass is 347 g/mol. The summed E-state index contributed by atoms with van der Waals surface area (Å²) >= 11 is 0. The molecular weight excluding hydrogens is 327 g/mol. The van der Waals surface area contributed by atoms with Crippen LogP contribution in [0.15, 0.2) is 24.3 Å². The highest BCUT2D eigenvalue weighted by Crippen LogP contribution is 2.38. The molecule has 1 aliphatic heterocycles. The maximum Gasteiger partial charge on any atom is 0.417 e. The van der Waals surface area contributed by atoms with Gasteiger partial charge in [0.05, 0.1) is 16.6 Å².